The Bertz CT molecular complexity index is 553. The molecular weight excluding hydrogens is 246 g/mol. The predicted octanol–water partition coefficient (Wildman–Crippen LogP) is 0.299. The third kappa shape index (κ3) is 3.44. The van der Waals surface area contributed by atoms with Crippen molar-refractivity contribution in [1.29, 1.82) is 0 Å². The van der Waals surface area contributed by atoms with Gasteiger partial charge in [0, 0.05) is 30.1 Å². The number of carbonyl (C=O) groups is 1. The number of aromatic nitrogens is 3. The lowest BCUT2D eigenvalue weighted by Gasteiger charge is -2.08. The third-order valence-electron chi connectivity index (χ3n) is 2.53. The molecule has 100 valence electrons. The zero-order valence-corrected chi connectivity index (χ0v) is 10.5. The van der Waals surface area contributed by atoms with Gasteiger partial charge in [0.25, 0.3) is 5.91 Å². The minimum Gasteiger partial charge on any atom is -0.497 e. The molecule has 0 spiro atoms. The first kappa shape index (κ1) is 12.9. The Morgan fingerprint density at radius 2 is 2.32 bits per heavy atom. The lowest BCUT2D eigenvalue weighted by Crippen LogP contribution is -2.27. The number of rotatable bonds is 5. The quantitative estimate of drug-likeness (QED) is 0.755. The number of anilines is 1. The van der Waals surface area contributed by atoms with Gasteiger partial charge in [-0.15, -0.1) is 5.10 Å². The number of amides is 1. The topological polar surface area (TPSA) is 95.1 Å². The van der Waals surface area contributed by atoms with E-state index in [2.05, 4.69) is 15.6 Å². The number of nitrogens with zero attached hydrogens (tertiary/aromatic N) is 3. The second-order valence-corrected chi connectivity index (χ2v) is 3.92. The van der Waals surface area contributed by atoms with E-state index in [0.29, 0.717) is 30.1 Å². The van der Waals surface area contributed by atoms with Crippen LogP contribution in [0.3, 0.4) is 0 Å². The molecule has 0 saturated carbocycles. The van der Waals surface area contributed by atoms with Gasteiger partial charge < -0.3 is 15.8 Å². The van der Waals surface area contributed by atoms with Crippen LogP contribution in [-0.2, 0) is 6.54 Å². The molecule has 0 saturated heterocycles. The Balaban J connectivity index is 1.94. The molecule has 7 nitrogen and oxygen atoms in total. The van der Waals surface area contributed by atoms with E-state index >= 15 is 0 Å². The Labute approximate surface area is 110 Å². The molecule has 0 unspecified atom stereocenters. The van der Waals surface area contributed by atoms with Crippen molar-refractivity contribution in [3.8, 4) is 5.75 Å². The van der Waals surface area contributed by atoms with E-state index < -0.39 is 0 Å². The molecule has 1 aromatic carbocycles. The fourth-order valence-electron chi connectivity index (χ4n) is 1.61. The molecule has 2 rings (SSSR count). The van der Waals surface area contributed by atoms with E-state index in [-0.39, 0.29) is 5.91 Å². The van der Waals surface area contributed by atoms with E-state index in [9.17, 15) is 4.79 Å². The van der Waals surface area contributed by atoms with Crippen LogP contribution in [-0.4, -0.2) is 34.6 Å². The van der Waals surface area contributed by atoms with Crippen LogP contribution in [0, 0.1) is 0 Å². The van der Waals surface area contributed by atoms with E-state index in [0.717, 1.165) is 0 Å². The first-order valence-corrected chi connectivity index (χ1v) is 5.76. The van der Waals surface area contributed by atoms with Crippen LogP contribution in [0.2, 0.25) is 0 Å². The Morgan fingerprint density at radius 3 is 3.00 bits per heavy atom. The fourth-order valence-corrected chi connectivity index (χ4v) is 1.61. The molecule has 0 fully saturated rings. The normalized spacial score (nSPS) is 10.2. The number of nitrogens with one attached hydrogen (secondary N) is 1. The highest BCUT2D eigenvalue weighted by molar-refractivity contribution is 5.95. The van der Waals surface area contributed by atoms with E-state index in [1.54, 1.807) is 35.3 Å². The van der Waals surface area contributed by atoms with Gasteiger partial charge >= 0.3 is 0 Å². The second kappa shape index (κ2) is 5.85. The van der Waals surface area contributed by atoms with Crippen LogP contribution in [0.25, 0.3) is 0 Å². The number of nitrogen functional groups attached to an aromatic ring is 1. The summed E-state index contributed by atoms with van der Waals surface area (Å²) in [5.41, 5.74) is 6.65. The molecule has 2 aromatic rings. The maximum atomic E-state index is 11.9. The highest BCUT2D eigenvalue weighted by Crippen LogP contribution is 2.18. The summed E-state index contributed by atoms with van der Waals surface area (Å²) in [4.78, 5) is 11.9. The first-order chi connectivity index (χ1) is 9.19. The van der Waals surface area contributed by atoms with Gasteiger partial charge in [0.2, 0.25) is 0 Å². The summed E-state index contributed by atoms with van der Waals surface area (Å²) in [7, 11) is 1.53. The van der Waals surface area contributed by atoms with Crippen LogP contribution in [0.4, 0.5) is 5.69 Å². The smallest absolute Gasteiger partial charge is 0.251 e. The van der Waals surface area contributed by atoms with Gasteiger partial charge in [-0.2, -0.15) is 0 Å². The van der Waals surface area contributed by atoms with Crippen molar-refractivity contribution in [2.24, 2.45) is 0 Å². The Kier molecular flexibility index (Phi) is 3.97. The minimum absolute atomic E-state index is 0.203. The number of methoxy groups -OCH3 is 1. The van der Waals surface area contributed by atoms with Crippen LogP contribution < -0.4 is 15.8 Å². The summed E-state index contributed by atoms with van der Waals surface area (Å²) in [6, 6.07) is 4.90. The van der Waals surface area contributed by atoms with Crippen molar-refractivity contribution in [1.82, 2.24) is 20.3 Å². The molecule has 0 atom stereocenters. The van der Waals surface area contributed by atoms with Gasteiger partial charge in [0.05, 0.1) is 19.9 Å². The zero-order valence-electron chi connectivity index (χ0n) is 10.5. The molecule has 0 bridgehead atoms. The second-order valence-electron chi connectivity index (χ2n) is 3.92. The number of nitrogens with two attached hydrogens (primary N) is 1. The van der Waals surface area contributed by atoms with E-state index in [4.69, 9.17) is 10.5 Å². The number of carbonyl (C=O) groups excluding carboxylic acids is 1. The predicted molar refractivity (Wildman–Crippen MR) is 69.8 cm³/mol. The molecule has 1 heterocycles. The summed E-state index contributed by atoms with van der Waals surface area (Å²) < 4.78 is 6.71. The van der Waals surface area contributed by atoms with Crippen molar-refractivity contribution in [3.05, 3.63) is 36.2 Å². The van der Waals surface area contributed by atoms with Crippen LogP contribution in [0.1, 0.15) is 10.4 Å². The number of hydrogen-bond acceptors (Lipinski definition) is 5. The van der Waals surface area contributed by atoms with Gasteiger partial charge in [-0.1, -0.05) is 5.21 Å². The molecule has 0 aliphatic heterocycles. The highest BCUT2D eigenvalue weighted by Gasteiger charge is 2.07. The largest absolute Gasteiger partial charge is 0.497 e. The van der Waals surface area contributed by atoms with E-state index in [1.807, 2.05) is 0 Å². The fraction of sp³-hybridized carbons (Fsp3) is 0.250. The molecule has 0 aliphatic rings. The Morgan fingerprint density at radius 1 is 1.47 bits per heavy atom. The van der Waals surface area contributed by atoms with Crippen molar-refractivity contribution >= 4 is 11.6 Å². The zero-order chi connectivity index (χ0) is 13.7. The van der Waals surface area contributed by atoms with Crippen molar-refractivity contribution in [3.63, 3.8) is 0 Å². The summed E-state index contributed by atoms with van der Waals surface area (Å²) >= 11 is 0. The van der Waals surface area contributed by atoms with Gasteiger partial charge in [0.1, 0.15) is 5.75 Å². The SMILES string of the molecule is COc1cc(N)cc(C(=O)NCCn2ccnn2)c1. The van der Waals surface area contributed by atoms with Crippen molar-refractivity contribution in [2.45, 2.75) is 6.54 Å². The molecule has 19 heavy (non-hydrogen) atoms. The number of hydrogen-bond donors (Lipinski definition) is 2. The van der Waals surface area contributed by atoms with Crippen LogP contribution in [0.5, 0.6) is 5.75 Å². The Hall–Kier alpha value is -2.57. The van der Waals surface area contributed by atoms with Gasteiger partial charge in [-0.3, -0.25) is 9.48 Å². The van der Waals surface area contributed by atoms with Gasteiger partial charge in [-0.25, -0.2) is 0 Å². The molecular formula is C12H15N5O2. The standard InChI is InChI=1S/C12H15N5O2/c1-19-11-7-9(6-10(13)8-11)12(18)14-2-4-17-5-3-15-16-17/h3,5-8H,2,4,13H2,1H3,(H,14,18). The molecule has 1 aromatic heterocycles. The van der Waals surface area contributed by atoms with Gasteiger partial charge in [-0.05, 0) is 12.1 Å². The monoisotopic (exact) mass is 261 g/mol. The average molecular weight is 261 g/mol. The summed E-state index contributed by atoms with van der Waals surface area (Å²) in [6.07, 6.45) is 3.32. The lowest BCUT2D eigenvalue weighted by molar-refractivity contribution is 0.0951. The third-order valence-corrected chi connectivity index (χ3v) is 2.53. The number of ether oxygens (including phenoxy) is 1. The molecule has 7 heteroatoms. The van der Waals surface area contributed by atoms with Gasteiger partial charge in [0.15, 0.2) is 0 Å². The molecule has 0 radical (unpaired) electrons. The minimum atomic E-state index is -0.203. The summed E-state index contributed by atoms with van der Waals surface area (Å²) in [6.45, 7) is 1.02. The van der Waals surface area contributed by atoms with Crippen molar-refractivity contribution in [2.75, 3.05) is 19.4 Å². The molecule has 1 amide bonds. The summed E-state index contributed by atoms with van der Waals surface area (Å²) in [5, 5.41) is 10.3. The van der Waals surface area contributed by atoms with Crippen LogP contribution in [0.15, 0.2) is 30.6 Å². The first-order valence-electron chi connectivity index (χ1n) is 5.76. The van der Waals surface area contributed by atoms with Crippen LogP contribution >= 0.6 is 0 Å². The number of benzene rings is 1. The maximum Gasteiger partial charge on any atom is 0.251 e. The lowest BCUT2D eigenvalue weighted by atomic mass is 10.2. The molecule has 0 aliphatic carbocycles. The summed E-state index contributed by atoms with van der Waals surface area (Å²) in [5.74, 6) is 0.354. The van der Waals surface area contributed by atoms with Crippen molar-refractivity contribution < 1.29 is 9.53 Å². The average Bonchev–Trinajstić information content (AvgIpc) is 2.91. The highest BCUT2D eigenvalue weighted by atomic mass is 16.5. The molecule has 3 N–H and O–H groups in total. The van der Waals surface area contributed by atoms with E-state index in [1.165, 1.54) is 7.11 Å². The maximum absolute atomic E-state index is 11.9.